The summed E-state index contributed by atoms with van der Waals surface area (Å²) in [7, 11) is 0. The Morgan fingerprint density at radius 1 is 1.00 bits per heavy atom. The van der Waals surface area contributed by atoms with E-state index in [-0.39, 0.29) is 11.3 Å². The van der Waals surface area contributed by atoms with Crippen LogP contribution in [0.3, 0.4) is 0 Å². The van der Waals surface area contributed by atoms with Crippen LogP contribution in [-0.4, -0.2) is 15.5 Å². The molecule has 0 atom stereocenters. The summed E-state index contributed by atoms with van der Waals surface area (Å²) in [5, 5.41) is 3.52. The van der Waals surface area contributed by atoms with Gasteiger partial charge in [-0.1, -0.05) is 74.8 Å². The number of hydrogen-bond donors (Lipinski definition) is 1. The van der Waals surface area contributed by atoms with Crippen molar-refractivity contribution in [2.45, 2.75) is 39.3 Å². The Balaban J connectivity index is 1.59. The van der Waals surface area contributed by atoms with E-state index >= 15 is 0 Å². The number of benzene rings is 3. The zero-order chi connectivity index (χ0) is 22.0. The highest BCUT2D eigenvalue weighted by Crippen LogP contribution is 2.23. The third-order valence-corrected chi connectivity index (χ3v) is 5.62. The summed E-state index contributed by atoms with van der Waals surface area (Å²) in [5.74, 6) is 0.645. The van der Waals surface area contributed by atoms with E-state index in [4.69, 9.17) is 16.6 Å². The number of rotatable bonds is 5. The maximum absolute atomic E-state index is 12.6. The number of imidazole rings is 1. The first-order valence-corrected chi connectivity index (χ1v) is 10.8. The number of carbonyl (C=O) groups is 1. The topological polar surface area (TPSA) is 46.9 Å². The number of nitrogens with one attached hydrogen (secondary N) is 1. The minimum absolute atomic E-state index is 0.121. The number of carbonyl (C=O) groups excluding carboxylic acids is 1. The highest BCUT2D eigenvalue weighted by atomic mass is 35.5. The highest BCUT2D eigenvalue weighted by molar-refractivity contribution is 6.30. The molecule has 0 radical (unpaired) electrons. The Labute approximate surface area is 187 Å². The molecule has 0 aliphatic carbocycles. The predicted molar refractivity (Wildman–Crippen MR) is 127 cm³/mol. The smallest absolute Gasteiger partial charge is 0.251 e. The predicted octanol–water partition coefficient (Wildman–Crippen LogP) is 5.97. The Kier molecular flexibility index (Phi) is 5.84. The van der Waals surface area contributed by atoms with E-state index < -0.39 is 0 Å². The second-order valence-electron chi connectivity index (χ2n) is 8.74. The summed E-state index contributed by atoms with van der Waals surface area (Å²) in [4.78, 5) is 17.4. The zero-order valence-electron chi connectivity index (χ0n) is 18.0. The van der Waals surface area contributed by atoms with Crippen molar-refractivity contribution in [3.8, 4) is 0 Å². The van der Waals surface area contributed by atoms with Crippen LogP contribution in [0.15, 0.2) is 72.8 Å². The van der Waals surface area contributed by atoms with Crippen molar-refractivity contribution < 1.29 is 4.79 Å². The van der Waals surface area contributed by atoms with Gasteiger partial charge >= 0.3 is 0 Å². The standard InChI is InChI=1S/C26H26ClN3O/c1-26(2,3)20-13-11-18(12-14-20)17-30-23-10-5-4-9-22(23)29-24(30)16-28-25(31)19-7-6-8-21(27)15-19/h4-15H,16-17H2,1-3H3,(H,28,31). The molecule has 4 rings (SSSR count). The van der Waals surface area contributed by atoms with Crippen LogP contribution in [0.1, 0.15) is 48.1 Å². The van der Waals surface area contributed by atoms with Gasteiger partial charge in [-0.25, -0.2) is 4.98 Å². The third-order valence-electron chi connectivity index (χ3n) is 5.39. The fourth-order valence-corrected chi connectivity index (χ4v) is 3.81. The molecule has 4 nitrogen and oxygen atoms in total. The SMILES string of the molecule is CC(C)(C)c1ccc(Cn2c(CNC(=O)c3cccc(Cl)c3)nc3ccccc32)cc1. The lowest BCUT2D eigenvalue weighted by atomic mass is 9.87. The minimum atomic E-state index is -0.171. The van der Waals surface area contributed by atoms with Crippen LogP contribution in [-0.2, 0) is 18.5 Å². The monoisotopic (exact) mass is 431 g/mol. The van der Waals surface area contributed by atoms with Crippen LogP contribution in [0.5, 0.6) is 0 Å². The molecule has 0 saturated heterocycles. The van der Waals surface area contributed by atoms with Gasteiger partial charge in [0.05, 0.1) is 17.6 Å². The van der Waals surface area contributed by atoms with Gasteiger partial charge in [-0.3, -0.25) is 4.79 Å². The number of amides is 1. The molecule has 0 fully saturated rings. The lowest BCUT2D eigenvalue weighted by Crippen LogP contribution is -2.25. The van der Waals surface area contributed by atoms with Gasteiger partial charge < -0.3 is 9.88 Å². The molecule has 0 spiro atoms. The fourth-order valence-electron chi connectivity index (χ4n) is 3.62. The van der Waals surface area contributed by atoms with Crippen molar-refractivity contribution in [1.82, 2.24) is 14.9 Å². The molecule has 0 saturated carbocycles. The molecule has 5 heteroatoms. The van der Waals surface area contributed by atoms with E-state index in [1.165, 1.54) is 11.1 Å². The number of halogens is 1. The lowest BCUT2D eigenvalue weighted by Gasteiger charge is -2.19. The van der Waals surface area contributed by atoms with Crippen molar-refractivity contribution in [1.29, 1.82) is 0 Å². The van der Waals surface area contributed by atoms with Gasteiger partial charge in [0.25, 0.3) is 5.91 Å². The molecule has 0 aliphatic heterocycles. The van der Waals surface area contributed by atoms with Gasteiger partial charge in [0.15, 0.2) is 0 Å². The van der Waals surface area contributed by atoms with E-state index in [1.807, 2.05) is 18.2 Å². The molecule has 4 aromatic rings. The summed E-state index contributed by atoms with van der Waals surface area (Å²) in [6.45, 7) is 7.66. The molecular formula is C26H26ClN3O. The maximum Gasteiger partial charge on any atom is 0.251 e. The first-order chi connectivity index (χ1) is 14.8. The van der Waals surface area contributed by atoms with Gasteiger partial charge in [-0.05, 0) is 46.9 Å². The number of fused-ring (bicyclic) bond motifs is 1. The highest BCUT2D eigenvalue weighted by Gasteiger charge is 2.15. The molecule has 1 amide bonds. The lowest BCUT2D eigenvalue weighted by molar-refractivity contribution is 0.0949. The maximum atomic E-state index is 12.6. The van der Waals surface area contributed by atoms with E-state index in [2.05, 4.69) is 61.0 Å². The molecule has 158 valence electrons. The van der Waals surface area contributed by atoms with Crippen LogP contribution in [0, 0.1) is 0 Å². The van der Waals surface area contributed by atoms with E-state index in [9.17, 15) is 4.79 Å². The van der Waals surface area contributed by atoms with Crippen molar-refractivity contribution in [3.63, 3.8) is 0 Å². The summed E-state index contributed by atoms with van der Waals surface area (Å²) in [5.41, 5.74) is 5.12. The Morgan fingerprint density at radius 3 is 2.45 bits per heavy atom. The first-order valence-electron chi connectivity index (χ1n) is 10.4. The summed E-state index contributed by atoms with van der Waals surface area (Å²) in [6.07, 6.45) is 0. The summed E-state index contributed by atoms with van der Waals surface area (Å²) in [6, 6.07) is 23.7. The third kappa shape index (κ3) is 4.80. The van der Waals surface area contributed by atoms with Gasteiger partial charge in [0.1, 0.15) is 5.82 Å². The average Bonchev–Trinajstić information content (AvgIpc) is 3.09. The van der Waals surface area contributed by atoms with Crippen LogP contribution in [0.2, 0.25) is 5.02 Å². The van der Waals surface area contributed by atoms with Crippen molar-refractivity contribution >= 4 is 28.5 Å². The number of aromatic nitrogens is 2. The molecule has 0 aliphatic rings. The molecule has 0 unspecified atom stereocenters. The number of para-hydroxylation sites is 2. The van der Waals surface area contributed by atoms with Crippen molar-refractivity contribution in [2.24, 2.45) is 0 Å². The van der Waals surface area contributed by atoms with E-state index in [0.717, 1.165) is 16.9 Å². The molecular weight excluding hydrogens is 406 g/mol. The molecule has 1 N–H and O–H groups in total. The summed E-state index contributed by atoms with van der Waals surface area (Å²) < 4.78 is 2.17. The molecule has 1 heterocycles. The van der Waals surface area contributed by atoms with Gasteiger partial charge in [0, 0.05) is 17.1 Å². The van der Waals surface area contributed by atoms with Gasteiger partial charge in [0.2, 0.25) is 0 Å². The van der Waals surface area contributed by atoms with Gasteiger partial charge in [-0.2, -0.15) is 0 Å². The summed E-state index contributed by atoms with van der Waals surface area (Å²) >= 11 is 6.02. The Morgan fingerprint density at radius 2 is 1.74 bits per heavy atom. The van der Waals surface area contributed by atoms with Gasteiger partial charge in [-0.15, -0.1) is 0 Å². The van der Waals surface area contributed by atoms with E-state index in [0.29, 0.717) is 23.7 Å². The normalized spacial score (nSPS) is 11.6. The average molecular weight is 432 g/mol. The van der Waals surface area contributed by atoms with Crippen LogP contribution >= 0.6 is 11.6 Å². The Hall–Kier alpha value is -3.11. The number of nitrogens with zero attached hydrogens (tertiary/aromatic N) is 2. The largest absolute Gasteiger partial charge is 0.345 e. The minimum Gasteiger partial charge on any atom is -0.345 e. The first kappa shape index (κ1) is 21.1. The molecule has 31 heavy (non-hydrogen) atoms. The fraction of sp³-hybridized carbons (Fsp3) is 0.231. The Bertz CT molecular complexity index is 1220. The van der Waals surface area contributed by atoms with Crippen molar-refractivity contribution in [3.05, 3.63) is 100 Å². The van der Waals surface area contributed by atoms with Crippen molar-refractivity contribution in [2.75, 3.05) is 0 Å². The second-order valence-corrected chi connectivity index (χ2v) is 9.18. The van der Waals surface area contributed by atoms with Crippen LogP contribution < -0.4 is 5.32 Å². The van der Waals surface area contributed by atoms with Crippen LogP contribution in [0.4, 0.5) is 0 Å². The van der Waals surface area contributed by atoms with Crippen LogP contribution in [0.25, 0.3) is 11.0 Å². The number of hydrogen-bond acceptors (Lipinski definition) is 2. The molecule has 1 aromatic heterocycles. The molecule has 3 aromatic carbocycles. The second kappa shape index (κ2) is 8.56. The van der Waals surface area contributed by atoms with E-state index in [1.54, 1.807) is 24.3 Å². The quantitative estimate of drug-likeness (QED) is 0.423. The molecule has 0 bridgehead atoms. The zero-order valence-corrected chi connectivity index (χ0v) is 18.8.